The summed E-state index contributed by atoms with van der Waals surface area (Å²) < 4.78 is 10.9. The van der Waals surface area contributed by atoms with Crippen LogP contribution in [0.3, 0.4) is 0 Å². The fourth-order valence-electron chi connectivity index (χ4n) is 3.06. The molecule has 4 aromatic carbocycles. The number of hydrogen-bond acceptors (Lipinski definition) is 6. The van der Waals surface area contributed by atoms with E-state index in [1.807, 2.05) is 0 Å². The molecule has 6 nitrogen and oxygen atoms in total. The minimum atomic E-state index is -0.553. The lowest BCUT2D eigenvalue weighted by atomic mass is 10.1. The molecule has 156 valence electrons. The molecule has 0 fully saturated rings. The molecule has 0 radical (unpaired) electrons. The molecule has 4 aromatic rings. The summed E-state index contributed by atoms with van der Waals surface area (Å²) in [5.74, 6) is -0.448. The number of aldehydes is 2. The van der Waals surface area contributed by atoms with Crippen molar-refractivity contribution >= 4 is 35.3 Å². The largest absolute Gasteiger partial charge is 0.423 e. The van der Waals surface area contributed by atoms with Crippen LogP contribution in [0.2, 0.25) is 0 Å². The summed E-state index contributed by atoms with van der Waals surface area (Å²) in [5, 5.41) is 1.59. The van der Waals surface area contributed by atoms with E-state index in [1.165, 1.54) is 48.5 Å². The van der Waals surface area contributed by atoms with Gasteiger partial charge < -0.3 is 9.47 Å². The molecule has 6 heteroatoms. The van der Waals surface area contributed by atoms with Crippen LogP contribution < -0.4 is 9.47 Å². The number of benzene rings is 4. The lowest BCUT2D eigenvalue weighted by molar-refractivity contribution is 0.0726. The SMILES string of the molecule is O=Cc1ccc(C(=O)Oc2ccc3ccc(OC(=O)c4ccc(C=O)cc4)cc3c2)cc1. The van der Waals surface area contributed by atoms with E-state index in [1.54, 1.807) is 36.4 Å². The summed E-state index contributed by atoms with van der Waals surface area (Å²) in [7, 11) is 0. The molecule has 0 atom stereocenters. The van der Waals surface area contributed by atoms with Crippen LogP contribution in [0.5, 0.6) is 11.5 Å². The molecule has 0 aromatic heterocycles. The van der Waals surface area contributed by atoms with Crippen molar-refractivity contribution in [2.45, 2.75) is 0 Å². The lowest BCUT2D eigenvalue weighted by Gasteiger charge is -2.08. The predicted molar refractivity (Wildman–Crippen MR) is 118 cm³/mol. The van der Waals surface area contributed by atoms with Gasteiger partial charge in [-0.25, -0.2) is 9.59 Å². The number of hydrogen-bond donors (Lipinski definition) is 0. The summed E-state index contributed by atoms with van der Waals surface area (Å²) in [6.07, 6.45) is 1.39. The Morgan fingerprint density at radius 1 is 0.531 bits per heavy atom. The van der Waals surface area contributed by atoms with Gasteiger partial charge in [0.25, 0.3) is 0 Å². The molecular formula is C26H16O6. The van der Waals surface area contributed by atoms with Crippen molar-refractivity contribution in [3.8, 4) is 11.5 Å². The third kappa shape index (κ3) is 4.60. The molecule has 0 aliphatic carbocycles. The van der Waals surface area contributed by atoms with Crippen LogP contribution in [0.1, 0.15) is 41.4 Å². The average molecular weight is 424 g/mol. The number of ether oxygens (including phenoxy) is 2. The Morgan fingerprint density at radius 2 is 0.938 bits per heavy atom. The first kappa shape index (κ1) is 20.7. The van der Waals surface area contributed by atoms with Crippen LogP contribution in [0, 0.1) is 0 Å². The van der Waals surface area contributed by atoms with Gasteiger partial charge in [-0.3, -0.25) is 9.59 Å². The Labute approximate surface area is 183 Å². The number of carbonyl (C=O) groups is 4. The van der Waals surface area contributed by atoms with Crippen molar-refractivity contribution in [2.75, 3.05) is 0 Å². The first-order chi connectivity index (χ1) is 15.6. The van der Waals surface area contributed by atoms with E-state index >= 15 is 0 Å². The van der Waals surface area contributed by atoms with Crippen LogP contribution in [-0.4, -0.2) is 24.5 Å². The van der Waals surface area contributed by atoms with Gasteiger partial charge in [0, 0.05) is 11.1 Å². The zero-order valence-electron chi connectivity index (χ0n) is 16.7. The zero-order valence-corrected chi connectivity index (χ0v) is 16.7. The fraction of sp³-hybridized carbons (Fsp3) is 0. The van der Waals surface area contributed by atoms with Gasteiger partial charge in [-0.05, 0) is 59.3 Å². The minimum Gasteiger partial charge on any atom is -0.423 e. The third-order valence-electron chi connectivity index (χ3n) is 4.77. The van der Waals surface area contributed by atoms with Crippen LogP contribution >= 0.6 is 0 Å². The maximum absolute atomic E-state index is 12.4. The lowest BCUT2D eigenvalue weighted by Crippen LogP contribution is -2.09. The first-order valence-corrected chi connectivity index (χ1v) is 9.64. The highest BCUT2D eigenvalue weighted by atomic mass is 16.5. The van der Waals surface area contributed by atoms with Crippen molar-refractivity contribution in [1.29, 1.82) is 0 Å². The molecule has 4 rings (SSSR count). The molecule has 32 heavy (non-hydrogen) atoms. The van der Waals surface area contributed by atoms with Crippen molar-refractivity contribution < 1.29 is 28.7 Å². The Hall–Kier alpha value is -4.58. The Kier molecular flexibility index (Phi) is 5.85. The quantitative estimate of drug-likeness (QED) is 0.248. The maximum atomic E-state index is 12.4. The molecule has 0 saturated heterocycles. The molecule has 0 unspecified atom stereocenters. The van der Waals surface area contributed by atoms with E-state index in [9.17, 15) is 19.2 Å². The smallest absolute Gasteiger partial charge is 0.343 e. The van der Waals surface area contributed by atoms with E-state index in [4.69, 9.17) is 9.47 Å². The summed E-state index contributed by atoms with van der Waals surface area (Å²) in [5.41, 5.74) is 1.57. The number of rotatable bonds is 6. The maximum Gasteiger partial charge on any atom is 0.343 e. The van der Waals surface area contributed by atoms with Crippen LogP contribution in [0.4, 0.5) is 0 Å². The van der Waals surface area contributed by atoms with Gasteiger partial charge in [-0.1, -0.05) is 36.4 Å². The van der Waals surface area contributed by atoms with E-state index in [2.05, 4.69) is 0 Å². The topological polar surface area (TPSA) is 86.7 Å². The second-order valence-corrected chi connectivity index (χ2v) is 6.93. The van der Waals surface area contributed by atoms with Crippen LogP contribution in [0.25, 0.3) is 10.8 Å². The van der Waals surface area contributed by atoms with E-state index in [0.29, 0.717) is 51.7 Å². The predicted octanol–water partition coefficient (Wildman–Crippen LogP) is 4.90. The van der Waals surface area contributed by atoms with E-state index in [-0.39, 0.29) is 0 Å². The molecule has 0 aliphatic heterocycles. The molecular weight excluding hydrogens is 408 g/mol. The van der Waals surface area contributed by atoms with Gasteiger partial charge in [0.1, 0.15) is 24.1 Å². The number of carbonyl (C=O) groups excluding carboxylic acids is 4. The van der Waals surface area contributed by atoms with Crippen LogP contribution in [-0.2, 0) is 0 Å². The summed E-state index contributed by atoms with van der Waals surface area (Å²) >= 11 is 0. The molecule has 0 aliphatic rings. The highest BCUT2D eigenvalue weighted by molar-refractivity contribution is 5.94. The number of esters is 2. The van der Waals surface area contributed by atoms with Gasteiger partial charge >= 0.3 is 11.9 Å². The summed E-state index contributed by atoms with van der Waals surface area (Å²) in [6, 6.07) is 22.5. The fourth-order valence-corrected chi connectivity index (χ4v) is 3.06. The van der Waals surface area contributed by atoms with Crippen LogP contribution in [0.15, 0.2) is 84.9 Å². The van der Waals surface area contributed by atoms with Gasteiger partial charge in [0.05, 0.1) is 11.1 Å². The Balaban J connectivity index is 1.51. The summed E-state index contributed by atoms with van der Waals surface area (Å²) in [6.45, 7) is 0. The molecule has 0 amide bonds. The standard InChI is InChI=1S/C26H16O6/c27-15-17-1-5-20(6-2-17)25(29)31-23-11-9-19-10-12-24(14-22(19)13-23)32-26(30)21-7-3-18(16-28)4-8-21/h1-16H. The highest BCUT2D eigenvalue weighted by Gasteiger charge is 2.11. The molecule has 0 spiro atoms. The van der Waals surface area contributed by atoms with Crippen molar-refractivity contribution in [3.05, 3.63) is 107 Å². The van der Waals surface area contributed by atoms with Crippen molar-refractivity contribution in [2.24, 2.45) is 0 Å². The minimum absolute atomic E-state index is 0.318. The van der Waals surface area contributed by atoms with Crippen molar-refractivity contribution in [1.82, 2.24) is 0 Å². The first-order valence-electron chi connectivity index (χ1n) is 9.64. The van der Waals surface area contributed by atoms with Gasteiger partial charge in [-0.15, -0.1) is 0 Å². The zero-order chi connectivity index (χ0) is 22.5. The molecule has 0 heterocycles. The monoisotopic (exact) mass is 424 g/mol. The molecule has 0 N–H and O–H groups in total. The average Bonchev–Trinajstić information content (AvgIpc) is 2.84. The second kappa shape index (κ2) is 9.06. The van der Waals surface area contributed by atoms with E-state index < -0.39 is 11.9 Å². The highest BCUT2D eigenvalue weighted by Crippen LogP contribution is 2.26. The van der Waals surface area contributed by atoms with Gasteiger partial charge in [0.15, 0.2) is 0 Å². The van der Waals surface area contributed by atoms with Gasteiger partial charge in [-0.2, -0.15) is 0 Å². The van der Waals surface area contributed by atoms with E-state index in [0.717, 1.165) is 5.39 Å². The summed E-state index contributed by atoms with van der Waals surface area (Å²) in [4.78, 5) is 46.2. The Bertz CT molecular complexity index is 1220. The molecule has 0 bridgehead atoms. The number of fused-ring (bicyclic) bond motifs is 1. The Morgan fingerprint density at radius 3 is 1.31 bits per heavy atom. The van der Waals surface area contributed by atoms with Crippen molar-refractivity contribution in [3.63, 3.8) is 0 Å². The normalized spacial score (nSPS) is 10.4. The third-order valence-corrected chi connectivity index (χ3v) is 4.77. The van der Waals surface area contributed by atoms with Gasteiger partial charge in [0.2, 0.25) is 0 Å². The molecule has 0 saturated carbocycles. The second-order valence-electron chi connectivity index (χ2n) is 6.93.